The number of hydrogen-bond acceptors (Lipinski definition) is 6. The number of anilines is 2. The highest BCUT2D eigenvalue weighted by Gasteiger charge is 2.28. The van der Waals surface area contributed by atoms with Gasteiger partial charge in [0.25, 0.3) is 5.91 Å². The Kier molecular flexibility index (Phi) is 10.3. The molecule has 1 fully saturated rings. The van der Waals surface area contributed by atoms with Crippen molar-refractivity contribution in [3.05, 3.63) is 95.1 Å². The zero-order valence-corrected chi connectivity index (χ0v) is 23.8. The van der Waals surface area contributed by atoms with Crippen LogP contribution in [-0.4, -0.2) is 57.0 Å². The van der Waals surface area contributed by atoms with Crippen molar-refractivity contribution in [1.29, 1.82) is 0 Å². The Morgan fingerprint density at radius 3 is 2.41 bits per heavy atom. The zero-order chi connectivity index (χ0) is 29.4. The van der Waals surface area contributed by atoms with Crippen LogP contribution >= 0.6 is 0 Å². The van der Waals surface area contributed by atoms with E-state index in [1.54, 1.807) is 18.2 Å². The second-order valence-corrected chi connectivity index (χ2v) is 12.2. The molecule has 4 rings (SSSR count). The molecule has 1 saturated heterocycles. The third kappa shape index (κ3) is 8.48. The number of sulfonamides is 1. The Balaban J connectivity index is 1.53. The first kappa shape index (κ1) is 30.4. The Morgan fingerprint density at radius 1 is 1.00 bits per heavy atom. The highest BCUT2D eigenvalue weighted by atomic mass is 32.2. The standard InChI is InChI=1S/C30H36F2N4O4S/c1-2-34-26-15-23(16-27(18-26)36-10-6-7-11-41(36,39)40)30(38)35-28(14-21-8-4-3-5-9-21)29(37)20-33-19-22-12-24(31)17-25(32)13-22/h3-5,8-9,12-13,15-18,28-29,33-34,37H,2,6-7,10-11,14,19-20H2,1H3,(H,35,38)/t28-,29+/m0/s1. The first-order chi connectivity index (χ1) is 19.6. The number of hydrogen-bond donors (Lipinski definition) is 4. The van der Waals surface area contributed by atoms with Crippen LogP contribution in [0.25, 0.3) is 0 Å². The van der Waals surface area contributed by atoms with Crippen molar-refractivity contribution in [2.75, 3.05) is 35.0 Å². The lowest BCUT2D eigenvalue weighted by molar-refractivity contribution is 0.0830. The van der Waals surface area contributed by atoms with Crippen molar-refractivity contribution in [2.45, 2.75) is 44.9 Å². The predicted molar refractivity (Wildman–Crippen MR) is 156 cm³/mol. The number of aliphatic hydroxyl groups excluding tert-OH is 1. The van der Waals surface area contributed by atoms with Gasteiger partial charge in [0.05, 0.1) is 23.6 Å². The van der Waals surface area contributed by atoms with Crippen molar-refractivity contribution in [2.24, 2.45) is 0 Å². The molecule has 0 aromatic heterocycles. The number of carbonyl (C=O) groups excluding carboxylic acids is 1. The molecule has 0 saturated carbocycles. The highest BCUT2D eigenvalue weighted by Crippen LogP contribution is 2.28. The molecule has 1 heterocycles. The third-order valence-electron chi connectivity index (χ3n) is 6.88. The molecule has 1 aliphatic rings. The van der Waals surface area contributed by atoms with E-state index in [1.807, 2.05) is 37.3 Å². The van der Waals surface area contributed by atoms with Gasteiger partial charge in [0.15, 0.2) is 0 Å². The van der Waals surface area contributed by atoms with E-state index in [2.05, 4.69) is 16.0 Å². The van der Waals surface area contributed by atoms with E-state index in [0.717, 1.165) is 18.1 Å². The Hall–Kier alpha value is -3.54. The Morgan fingerprint density at radius 2 is 1.73 bits per heavy atom. The molecule has 0 aliphatic carbocycles. The van der Waals surface area contributed by atoms with Crippen LogP contribution in [0.15, 0.2) is 66.7 Å². The SMILES string of the molecule is CCNc1cc(C(=O)N[C@@H](Cc2ccccc2)[C@H](O)CNCc2cc(F)cc(F)c2)cc(N2CCCCS2(=O)=O)c1. The smallest absolute Gasteiger partial charge is 0.251 e. The maximum atomic E-state index is 13.6. The molecule has 0 bridgehead atoms. The molecule has 3 aromatic rings. The number of aliphatic hydroxyl groups is 1. The minimum absolute atomic E-state index is 0.0462. The average Bonchev–Trinajstić information content (AvgIpc) is 2.92. The molecule has 1 amide bonds. The summed E-state index contributed by atoms with van der Waals surface area (Å²) >= 11 is 0. The van der Waals surface area contributed by atoms with Gasteiger partial charge in [-0.15, -0.1) is 0 Å². The van der Waals surface area contributed by atoms with Crippen molar-refractivity contribution >= 4 is 27.3 Å². The monoisotopic (exact) mass is 586 g/mol. The van der Waals surface area contributed by atoms with Crippen LogP contribution in [0.3, 0.4) is 0 Å². The fourth-order valence-electron chi connectivity index (χ4n) is 4.89. The second kappa shape index (κ2) is 13.9. The third-order valence-corrected chi connectivity index (χ3v) is 8.75. The van der Waals surface area contributed by atoms with Crippen molar-refractivity contribution in [3.63, 3.8) is 0 Å². The normalized spacial score (nSPS) is 16.1. The average molecular weight is 587 g/mol. The van der Waals surface area contributed by atoms with Crippen LogP contribution in [0.2, 0.25) is 0 Å². The van der Waals surface area contributed by atoms with Crippen molar-refractivity contribution in [1.82, 2.24) is 10.6 Å². The zero-order valence-electron chi connectivity index (χ0n) is 22.9. The summed E-state index contributed by atoms with van der Waals surface area (Å²) in [6.45, 7) is 2.99. The topological polar surface area (TPSA) is 111 Å². The summed E-state index contributed by atoms with van der Waals surface area (Å²) in [6.07, 6.45) is 0.605. The van der Waals surface area contributed by atoms with Gasteiger partial charge < -0.3 is 21.1 Å². The first-order valence-corrected chi connectivity index (χ1v) is 15.3. The van der Waals surface area contributed by atoms with Gasteiger partial charge in [-0.1, -0.05) is 30.3 Å². The molecule has 41 heavy (non-hydrogen) atoms. The maximum Gasteiger partial charge on any atom is 0.251 e. The van der Waals surface area contributed by atoms with Crippen molar-refractivity contribution < 1.29 is 27.1 Å². The van der Waals surface area contributed by atoms with E-state index in [9.17, 15) is 27.1 Å². The minimum atomic E-state index is -3.49. The van der Waals surface area contributed by atoms with E-state index < -0.39 is 39.7 Å². The number of rotatable bonds is 12. The van der Waals surface area contributed by atoms with Gasteiger partial charge in [0.2, 0.25) is 10.0 Å². The van der Waals surface area contributed by atoms with Crippen LogP contribution in [0.1, 0.15) is 41.3 Å². The fraction of sp³-hybridized carbons (Fsp3) is 0.367. The molecule has 1 aliphatic heterocycles. The van der Waals surface area contributed by atoms with Gasteiger partial charge in [-0.2, -0.15) is 0 Å². The van der Waals surface area contributed by atoms with E-state index in [4.69, 9.17) is 0 Å². The summed E-state index contributed by atoms with van der Waals surface area (Å²) in [5.41, 5.74) is 2.56. The van der Waals surface area contributed by atoms with Gasteiger partial charge in [-0.25, -0.2) is 17.2 Å². The largest absolute Gasteiger partial charge is 0.390 e. The molecule has 3 aromatic carbocycles. The fourth-order valence-corrected chi connectivity index (χ4v) is 6.52. The summed E-state index contributed by atoms with van der Waals surface area (Å²) < 4.78 is 54.0. The summed E-state index contributed by atoms with van der Waals surface area (Å²) in [5, 5.41) is 20.2. The van der Waals surface area contributed by atoms with Crippen molar-refractivity contribution in [3.8, 4) is 0 Å². The lowest BCUT2D eigenvalue weighted by atomic mass is 10.00. The van der Waals surface area contributed by atoms with E-state index in [1.165, 1.54) is 16.4 Å². The van der Waals surface area contributed by atoms with Gasteiger partial charge in [0, 0.05) is 43.5 Å². The molecule has 0 radical (unpaired) electrons. The lowest BCUT2D eigenvalue weighted by Gasteiger charge is -2.29. The number of nitrogens with zero attached hydrogens (tertiary/aromatic N) is 1. The van der Waals surface area contributed by atoms with Gasteiger partial charge in [-0.05, 0) is 67.6 Å². The quantitative estimate of drug-likeness (QED) is 0.257. The summed E-state index contributed by atoms with van der Waals surface area (Å²) in [6, 6.07) is 16.8. The lowest BCUT2D eigenvalue weighted by Crippen LogP contribution is -2.48. The molecule has 8 nitrogen and oxygen atoms in total. The molecule has 0 unspecified atom stereocenters. The summed E-state index contributed by atoms with van der Waals surface area (Å²) in [4.78, 5) is 13.6. The Bertz CT molecular complexity index is 1420. The molecule has 11 heteroatoms. The van der Waals surface area contributed by atoms with Crippen LogP contribution in [0.5, 0.6) is 0 Å². The summed E-state index contributed by atoms with van der Waals surface area (Å²) in [7, 11) is -3.49. The first-order valence-electron chi connectivity index (χ1n) is 13.7. The van der Waals surface area contributed by atoms with Crippen LogP contribution in [0, 0.1) is 11.6 Å². The van der Waals surface area contributed by atoms with Gasteiger partial charge in [0.1, 0.15) is 11.6 Å². The van der Waals surface area contributed by atoms with E-state index in [-0.39, 0.29) is 24.4 Å². The molecule has 2 atom stereocenters. The van der Waals surface area contributed by atoms with E-state index in [0.29, 0.717) is 42.9 Å². The van der Waals surface area contributed by atoms with Crippen LogP contribution in [-0.2, 0) is 23.0 Å². The number of halogens is 2. The number of carbonyl (C=O) groups is 1. The molecular formula is C30H36F2N4O4S. The van der Waals surface area contributed by atoms with Gasteiger partial charge in [-0.3, -0.25) is 9.10 Å². The second-order valence-electron chi connectivity index (χ2n) is 10.1. The van der Waals surface area contributed by atoms with Crippen LogP contribution in [0.4, 0.5) is 20.2 Å². The number of nitrogens with one attached hydrogen (secondary N) is 3. The Labute approximate surface area is 239 Å². The molecule has 4 N–H and O–H groups in total. The van der Waals surface area contributed by atoms with Crippen LogP contribution < -0.4 is 20.3 Å². The molecule has 220 valence electrons. The molecule has 0 spiro atoms. The number of benzene rings is 3. The predicted octanol–water partition coefficient (Wildman–Crippen LogP) is 3.82. The summed E-state index contributed by atoms with van der Waals surface area (Å²) in [5.74, 6) is -1.78. The van der Waals surface area contributed by atoms with Gasteiger partial charge >= 0.3 is 0 Å². The molecular weight excluding hydrogens is 550 g/mol. The number of amides is 1. The maximum absolute atomic E-state index is 13.6. The van der Waals surface area contributed by atoms with E-state index >= 15 is 0 Å². The minimum Gasteiger partial charge on any atom is -0.390 e. The highest BCUT2D eigenvalue weighted by molar-refractivity contribution is 7.92.